The smallest absolute Gasteiger partial charge is 0.253 e. The zero-order valence-corrected chi connectivity index (χ0v) is 15.7. The molecule has 5 nitrogen and oxygen atoms in total. The van der Waals surface area contributed by atoms with Gasteiger partial charge in [0, 0.05) is 48.0 Å². The number of carbonyl (C=O) groups excluding carboxylic acids is 1. The lowest BCUT2D eigenvalue weighted by molar-refractivity contribution is 0.0669. The van der Waals surface area contributed by atoms with Crippen molar-refractivity contribution in [3.63, 3.8) is 0 Å². The molecule has 1 amide bonds. The molecule has 0 radical (unpaired) electrons. The Balaban J connectivity index is 1.39. The summed E-state index contributed by atoms with van der Waals surface area (Å²) in [7, 11) is 0. The Labute approximate surface area is 165 Å². The molecule has 28 heavy (non-hydrogen) atoms. The van der Waals surface area contributed by atoms with E-state index in [1.807, 2.05) is 59.5 Å². The molecule has 5 heteroatoms. The quantitative estimate of drug-likeness (QED) is 0.728. The minimum absolute atomic E-state index is 0.0607. The predicted molar refractivity (Wildman–Crippen MR) is 111 cm³/mol. The Morgan fingerprint density at radius 1 is 0.893 bits per heavy atom. The number of benzene rings is 2. The first-order valence-corrected chi connectivity index (χ1v) is 9.55. The van der Waals surface area contributed by atoms with Crippen LogP contribution in [0.25, 0.3) is 0 Å². The van der Waals surface area contributed by atoms with Crippen LogP contribution in [0.2, 0.25) is 0 Å². The van der Waals surface area contributed by atoms with Gasteiger partial charge in [-0.3, -0.25) is 9.78 Å². The number of nitrogens with two attached hydrogens (primary N) is 1. The van der Waals surface area contributed by atoms with E-state index in [1.54, 1.807) is 12.4 Å². The zero-order chi connectivity index (χ0) is 19.4. The van der Waals surface area contributed by atoms with E-state index in [0.29, 0.717) is 18.7 Å². The number of pyridine rings is 1. The molecule has 1 aliphatic rings. The number of rotatable bonds is 4. The van der Waals surface area contributed by atoms with Crippen molar-refractivity contribution in [1.82, 2.24) is 9.88 Å². The summed E-state index contributed by atoms with van der Waals surface area (Å²) in [6.07, 6.45) is 5.02. The molecule has 142 valence electrons. The lowest BCUT2D eigenvalue weighted by atomic mass is 9.82. The highest BCUT2D eigenvalue weighted by atomic mass is 16.2. The number of nitrogens with one attached hydrogen (secondary N) is 1. The van der Waals surface area contributed by atoms with Crippen LogP contribution in [0.4, 0.5) is 11.4 Å². The third kappa shape index (κ3) is 3.89. The van der Waals surface area contributed by atoms with Crippen LogP contribution in [0.3, 0.4) is 0 Å². The van der Waals surface area contributed by atoms with Gasteiger partial charge in [-0.1, -0.05) is 30.3 Å². The SMILES string of the molecule is NC1(c2ccccc2)CCN(C(=O)c2ccc(Nc3ccncc3)cc2)CC1. The fourth-order valence-electron chi connectivity index (χ4n) is 3.65. The van der Waals surface area contributed by atoms with E-state index in [9.17, 15) is 4.79 Å². The van der Waals surface area contributed by atoms with Crippen molar-refractivity contribution in [2.24, 2.45) is 5.73 Å². The van der Waals surface area contributed by atoms with Crippen LogP contribution >= 0.6 is 0 Å². The van der Waals surface area contributed by atoms with E-state index in [1.165, 1.54) is 0 Å². The molecule has 2 heterocycles. The summed E-state index contributed by atoms with van der Waals surface area (Å²) >= 11 is 0. The third-order valence-electron chi connectivity index (χ3n) is 5.39. The Hall–Kier alpha value is -3.18. The molecule has 3 aromatic rings. The van der Waals surface area contributed by atoms with E-state index < -0.39 is 0 Å². The normalized spacial score (nSPS) is 15.8. The van der Waals surface area contributed by atoms with Crippen molar-refractivity contribution < 1.29 is 4.79 Å². The number of hydrogen-bond donors (Lipinski definition) is 2. The van der Waals surface area contributed by atoms with Crippen LogP contribution in [0.5, 0.6) is 0 Å². The third-order valence-corrected chi connectivity index (χ3v) is 5.39. The van der Waals surface area contributed by atoms with E-state index in [2.05, 4.69) is 22.4 Å². The second-order valence-electron chi connectivity index (χ2n) is 7.25. The van der Waals surface area contributed by atoms with Crippen LogP contribution in [0, 0.1) is 0 Å². The van der Waals surface area contributed by atoms with Crippen LogP contribution in [0.1, 0.15) is 28.8 Å². The lowest BCUT2D eigenvalue weighted by Gasteiger charge is -2.39. The van der Waals surface area contributed by atoms with Gasteiger partial charge in [-0.15, -0.1) is 0 Å². The van der Waals surface area contributed by atoms with Crippen molar-refractivity contribution in [3.05, 3.63) is 90.3 Å². The molecule has 0 bridgehead atoms. The fraction of sp³-hybridized carbons (Fsp3) is 0.217. The number of anilines is 2. The maximum atomic E-state index is 12.9. The predicted octanol–water partition coefficient (Wildman–Crippen LogP) is 3.92. The van der Waals surface area contributed by atoms with Gasteiger partial charge in [0.1, 0.15) is 0 Å². The summed E-state index contributed by atoms with van der Waals surface area (Å²) in [5.74, 6) is 0.0607. The molecule has 1 aromatic heterocycles. The van der Waals surface area contributed by atoms with Gasteiger partial charge in [0.2, 0.25) is 0 Å². The van der Waals surface area contributed by atoms with Crippen LogP contribution in [0.15, 0.2) is 79.1 Å². The van der Waals surface area contributed by atoms with Crippen LogP contribution < -0.4 is 11.1 Å². The monoisotopic (exact) mass is 372 g/mol. The molecular weight excluding hydrogens is 348 g/mol. The Morgan fingerprint density at radius 2 is 1.50 bits per heavy atom. The Bertz CT molecular complexity index is 918. The molecule has 0 aliphatic carbocycles. The first-order chi connectivity index (χ1) is 13.6. The molecule has 2 aromatic carbocycles. The van der Waals surface area contributed by atoms with Gasteiger partial charge in [0.05, 0.1) is 0 Å². The highest BCUT2D eigenvalue weighted by Crippen LogP contribution is 2.30. The minimum atomic E-state index is -0.351. The number of aromatic nitrogens is 1. The summed E-state index contributed by atoms with van der Waals surface area (Å²) in [6, 6.07) is 21.6. The van der Waals surface area contributed by atoms with Gasteiger partial charge in [0.25, 0.3) is 5.91 Å². The van der Waals surface area contributed by atoms with Gasteiger partial charge in [0.15, 0.2) is 0 Å². The summed E-state index contributed by atoms with van der Waals surface area (Å²) in [4.78, 5) is 18.8. The topological polar surface area (TPSA) is 71.2 Å². The summed E-state index contributed by atoms with van der Waals surface area (Å²) in [6.45, 7) is 1.34. The van der Waals surface area contributed by atoms with Crippen LogP contribution in [-0.4, -0.2) is 28.9 Å². The fourth-order valence-corrected chi connectivity index (χ4v) is 3.65. The van der Waals surface area contributed by atoms with E-state index in [4.69, 9.17) is 5.73 Å². The second kappa shape index (κ2) is 7.82. The first kappa shape index (κ1) is 18.2. The Kier molecular flexibility index (Phi) is 5.08. The number of likely N-dealkylation sites (tertiary alicyclic amines) is 1. The number of amides is 1. The van der Waals surface area contributed by atoms with E-state index >= 15 is 0 Å². The van der Waals surface area contributed by atoms with E-state index in [-0.39, 0.29) is 11.4 Å². The van der Waals surface area contributed by atoms with Crippen molar-refractivity contribution in [3.8, 4) is 0 Å². The van der Waals surface area contributed by atoms with Crippen LogP contribution in [-0.2, 0) is 5.54 Å². The molecule has 1 saturated heterocycles. The summed E-state index contributed by atoms with van der Waals surface area (Å²) < 4.78 is 0. The number of carbonyl (C=O) groups is 1. The molecule has 1 fully saturated rings. The second-order valence-corrected chi connectivity index (χ2v) is 7.25. The van der Waals surface area contributed by atoms with Gasteiger partial charge in [-0.05, 0) is 54.8 Å². The molecular formula is C23H24N4O. The van der Waals surface area contributed by atoms with Gasteiger partial charge < -0.3 is 16.0 Å². The number of nitrogens with zero attached hydrogens (tertiary/aromatic N) is 2. The zero-order valence-electron chi connectivity index (χ0n) is 15.7. The molecule has 4 rings (SSSR count). The highest BCUT2D eigenvalue weighted by molar-refractivity contribution is 5.94. The maximum absolute atomic E-state index is 12.9. The molecule has 1 aliphatic heterocycles. The van der Waals surface area contributed by atoms with Crippen molar-refractivity contribution in [2.75, 3.05) is 18.4 Å². The standard InChI is InChI=1S/C23H24N4O/c24-23(19-4-2-1-3-5-19)12-16-27(17-13-23)22(28)18-6-8-20(9-7-18)26-21-10-14-25-15-11-21/h1-11,14-15H,12-13,16-17,24H2,(H,25,26). The number of hydrogen-bond acceptors (Lipinski definition) is 4. The number of piperidine rings is 1. The maximum Gasteiger partial charge on any atom is 0.253 e. The molecule has 0 saturated carbocycles. The average molecular weight is 372 g/mol. The largest absolute Gasteiger partial charge is 0.355 e. The van der Waals surface area contributed by atoms with E-state index in [0.717, 1.165) is 29.8 Å². The minimum Gasteiger partial charge on any atom is -0.355 e. The van der Waals surface area contributed by atoms with Gasteiger partial charge >= 0.3 is 0 Å². The molecule has 3 N–H and O–H groups in total. The summed E-state index contributed by atoms with van der Waals surface area (Å²) in [5.41, 5.74) is 10.0. The van der Waals surface area contributed by atoms with Crippen molar-refractivity contribution >= 4 is 17.3 Å². The molecule has 0 spiro atoms. The Morgan fingerprint density at radius 3 is 2.14 bits per heavy atom. The first-order valence-electron chi connectivity index (χ1n) is 9.55. The van der Waals surface area contributed by atoms with Crippen molar-refractivity contribution in [2.45, 2.75) is 18.4 Å². The molecule has 0 unspecified atom stereocenters. The highest BCUT2D eigenvalue weighted by Gasteiger charge is 2.33. The average Bonchev–Trinajstić information content (AvgIpc) is 2.76. The van der Waals surface area contributed by atoms with Crippen molar-refractivity contribution in [1.29, 1.82) is 0 Å². The summed E-state index contributed by atoms with van der Waals surface area (Å²) in [5, 5.41) is 3.30. The molecule has 0 atom stereocenters. The van der Waals surface area contributed by atoms with Gasteiger partial charge in [-0.2, -0.15) is 0 Å². The van der Waals surface area contributed by atoms with Gasteiger partial charge in [-0.25, -0.2) is 0 Å². The lowest BCUT2D eigenvalue weighted by Crippen LogP contribution is -2.49.